The lowest BCUT2D eigenvalue weighted by molar-refractivity contribution is -0.129. The standard InChI is InChI=1S/C23H28N2O4S2/c1-5-29-23(28)21-18-10-11-25(15(4)26)13-19(18)31-22(21)24-20(27)12-16-6-8-17(9-7-16)30-14(2)3/h6-9,14H,5,10-13H2,1-4H3,(H,24,27). The third-order valence-corrected chi connectivity index (χ3v) is 7.04. The van der Waals surface area contributed by atoms with Crippen LogP contribution in [0.2, 0.25) is 0 Å². The highest BCUT2D eigenvalue weighted by Crippen LogP contribution is 2.38. The van der Waals surface area contributed by atoms with E-state index in [9.17, 15) is 14.4 Å². The van der Waals surface area contributed by atoms with Gasteiger partial charge < -0.3 is 15.0 Å². The number of nitrogens with zero attached hydrogens (tertiary/aromatic N) is 1. The average molecular weight is 461 g/mol. The van der Waals surface area contributed by atoms with Crippen LogP contribution in [0.25, 0.3) is 0 Å². The van der Waals surface area contributed by atoms with Gasteiger partial charge in [0.2, 0.25) is 11.8 Å². The third-order valence-electron chi connectivity index (χ3n) is 4.89. The van der Waals surface area contributed by atoms with Gasteiger partial charge in [-0.2, -0.15) is 0 Å². The van der Waals surface area contributed by atoms with Gasteiger partial charge in [0.05, 0.1) is 25.1 Å². The average Bonchev–Trinajstić information content (AvgIpc) is 3.06. The number of rotatable bonds is 7. The molecule has 1 aliphatic heterocycles. The molecule has 0 unspecified atom stereocenters. The molecule has 0 aliphatic carbocycles. The Morgan fingerprint density at radius 1 is 1.23 bits per heavy atom. The summed E-state index contributed by atoms with van der Waals surface area (Å²) in [6, 6.07) is 7.97. The number of thioether (sulfide) groups is 1. The molecule has 0 saturated carbocycles. The number of carbonyl (C=O) groups is 3. The smallest absolute Gasteiger partial charge is 0.341 e. The van der Waals surface area contributed by atoms with Gasteiger partial charge in [-0.3, -0.25) is 9.59 Å². The predicted molar refractivity (Wildman–Crippen MR) is 125 cm³/mol. The fourth-order valence-corrected chi connectivity index (χ4v) is 5.60. The summed E-state index contributed by atoms with van der Waals surface area (Å²) in [5.74, 6) is -0.611. The van der Waals surface area contributed by atoms with E-state index in [1.807, 2.05) is 24.3 Å². The molecule has 1 aromatic heterocycles. The number of fused-ring (bicyclic) bond motifs is 1. The van der Waals surface area contributed by atoms with Crippen molar-refractivity contribution in [2.24, 2.45) is 0 Å². The van der Waals surface area contributed by atoms with Crippen LogP contribution in [0.15, 0.2) is 29.2 Å². The summed E-state index contributed by atoms with van der Waals surface area (Å²) in [4.78, 5) is 41.0. The number of anilines is 1. The van der Waals surface area contributed by atoms with Crippen molar-refractivity contribution in [1.29, 1.82) is 0 Å². The normalized spacial score (nSPS) is 13.1. The first-order valence-corrected chi connectivity index (χ1v) is 12.1. The maximum absolute atomic E-state index is 12.7. The first kappa shape index (κ1) is 23.3. The quantitative estimate of drug-likeness (QED) is 0.486. The molecular formula is C23H28N2O4S2. The Morgan fingerprint density at radius 2 is 1.94 bits per heavy atom. The molecule has 1 N–H and O–H groups in total. The minimum atomic E-state index is -0.429. The monoisotopic (exact) mass is 460 g/mol. The molecule has 2 aromatic rings. The van der Waals surface area contributed by atoms with Crippen LogP contribution in [0.4, 0.5) is 5.00 Å². The Balaban J connectivity index is 1.77. The number of hydrogen-bond donors (Lipinski definition) is 1. The second-order valence-electron chi connectivity index (χ2n) is 7.65. The van der Waals surface area contributed by atoms with E-state index in [1.54, 1.807) is 30.5 Å². The lowest BCUT2D eigenvalue weighted by Crippen LogP contribution is -2.34. The van der Waals surface area contributed by atoms with Gasteiger partial charge in [0, 0.05) is 28.5 Å². The molecule has 31 heavy (non-hydrogen) atoms. The Kier molecular flexibility index (Phi) is 7.78. The van der Waals surface area contributed by atoms with Crippen molar-refractivity contribution in [3.05, 3.63) is 45.8 Å². The molecule has 6 nitrogen and oxygen atoms in total. The number of hydrogen-bond acceptors (Lipinski definition) is 6. The first-order valence-electron chi connectivity index (χ1n) is 10.4. The van der Waals surface area contributed by atoms with E-state index in [0.717, 1.165) is 16.0 Å². The van der Waals surface area contributed by atoms with Gasteiger partial charge >= 0.3 is 5.97 Å². The molecule has 0 bridgehead atoms. The van der Waals surface area contributed by atoms with E-state index < -0.39 is 5.97 Å². The minimum Gasteiger partial charge on any atom is -0.462 e. The molecule has 0 fully saturated rings. The van der Waals surface area contributed by atoms with E-state index in [0.29, 0.717) is 35.3 Å². The second-order valence-corrected chi connectivity index (χ2v) is 10.4. The van der Waals surface area contributed by atoms with Gasteiger partial charge in [0.1, 0.15) is 5.00 Å². The number of carbonyl (C=O) groups excluding carboxylic acids is 3. The summed E-state index contributed by atoms with van der Waals surface area (Å²) < 4.78 is 5.25. The zero-order chi connectivity index (χ0) is 22.5. The van der Waals surface area contributed by atoms with Gasteiger partial charge in [0.25, 0.3) is 0 Å². The predicted octanol–water partition coefficient (Wildman–Crippen LogP) is 4.51. The summed E-state index contributed by atoms with van der Waals surface area (Å²) in [5.41, 5.74) is 2.22. The molecule has 3 rings (SSSR count). The lowest BCUT2D eigenvalue weighted by Gasteiger charge is -2.25. The molecule has 166 valence electrons. The van der Waals surface area contributed by atoms with Gasteiger partial charge in [-0.25, -0.2) is 4.79 Å². The second kappa shape index (κ2) is 10.3. The summed E-state index contributed by atoms with van der Waals surface area (Å²) in [7, 11) is 0. The summed E-state index contributed by atoms with van der Waals surface area (Å²) in [6.07, 6.45) is 0.793. The highest BCUT2D eigenvalue weighted by molar-refractivity contribution is 7.99. The van der Waals surface area contributed by atoms with Gasteiger partial charge in [0.15, 0.2) is 0 Å². The number of thiophene rings is 1. The Hall–Kier alpha value is -2.32. The van der Waals surface area contributed by atoms with E-state index in [1.165, 1.54) is 16.2 Å². The van der Waals surface area contributed by atoms with Crippen molar-refractivity contribution in [1.82, 2.24) is 4.90 Å². The molecule has 8 heteroatoms. The Labute approximate surface area is 191 Å². The van der Waals surface area contributed by atoms with E-state index >= 15 is 0 Å². The highest BCUT2D eigenvalue weighted by Gasteiger charge is 2.30. The van der Waals surface area contributed by atoms with Crippen molar-refractivity contribution in [3.8, 4) is 0 Å². The zero-order valence-corrected chi connectivity index (χ0v) is 20.0. The van der Waals surface area contributed by atoms with Crippen molar-refractivity contribution >= 4 is 45.9 Å². The molecule has 1 aliphatic rings. The maximum Gasteiger partial charge on any atom is 0.341 e. The molecule has 0 spiro atoms. The largest absolute Gasteiger partial charge is 0.462 e. The number of amides is 2. The number of ether oxygens (including phenoxy) is 1. The third kappa shape index (κ3) is 5.89. The topological polar surface area (TPSA) is 75.7 Å². The van der Waals surface area contributed by atoms with E-state index in [4.69, 9.17) is 4.74 Å². The molecular weight excluding hydrogens is 432 g/mol. The van der Waals surface area contributed by atoms with Crippen LogP contribution in [-0.2, 0) is 33.7 Å². The Morgan fingerprint density at radius 3 is 2.55 bits per heavy atom. The van der Waals surface area contributed by atoms with Crippen LogP contribution in [0.3, 0.4) is 0 Å². The van der Waals surface area contributed by atoms with Crippen LogP contribution in [0.1, 0.15) is 54.1 Å². The summed E-state index contributed by atoms with van der Waals surface area (Å²) >= 11 is 3.13. The lowest BCUT2D eigenvalue weighted by atomic mass is 10.0. The molecule has 0 saturated heterocycles. The highest BCUT2D eigenvalue weighted by atomic mass is 32.2. The molecule has 2 amide bonds. The molecule has 2 heterocycles. The van der Waals surface area contributed by atoms with Crippen LogP contribution in [0.5, 0.6) is 0 Å². The summed E-state index contributed by atoms with van der Waals surface area (Å²) in [5, 5.41) is 3.92. The van der Waals surface area contributed by atoms with Gasteiger partial charge in [-0.15, -0.1) is 23.1 Å². The van der Waals surface area contributed by atoms with Gasteiger partial charge in [-0.1, -0.05) is 26.0 Å². The van der Waals surface area contributed by atoms with E-state index in [2.05, 4.69) is 19.2 Å². The van der Waals surface area contributed by atoms with Crippen LogP contribution in [0, 0.1) is 0 Å². The first-order chi connectivity index (χ1) is 14.8. The van der Waals surface area contributed by atoms with Crippen molar-refractivity contribution < 1.29 is 19.1 Å². The SMILES string of the molecule is CCOC(=O)c1c(NC(=O)Cc2ccc(SC(C)C)cc2)sc2c1CCN(C(C)=O)C2. The van der Waals surface area contributed by atoms with Crippen LogP contribution >= 0.6 is 23.1 Å². The maximum atomic E-state index is 12.7. The molecule has 1 aromatic carbocycles. The fraction of sp³-hybridized carbons (Fsp3) is 0.435. The summed E-state index contributed by atoms with van der Waals surface area (Å²) in [6.45, 7) is 8.85. The van der Waals surface area contributed by atoms with Crippen LogP contribution < -0.4 is 5.32 Å². The molecule has 0 atom stereocenters. The number of benzene rings is 1. The molecule has 0 radical (unpaired) electrons. The van der Waals surface area contributed by atoms with Crippen molar-refractivity contribution in [2.75, 3.05) is 18.5 Å². The number of esters is 1. The van der Waals surface area contributed by atoms with Crippen LogP contribution in [-0.4, -0.2) is 41.1 Å². The minimum absolute atomic E-state index is 0.00129. The fourth-order valence-electron chi connectivity index (χ4n) is 3.49. The van der Waals surface area contributed by atoms with Crippen molar-refractivity contribution in [3.63, 3.8) is 0 Å². The van der Waals surface area contributed by atoms with Gasteiger partial charge in [-0.05, 0) is 36.6 Å². The zero-order valence-electron chi connectivity index (χ0n) is 18.3. The Bertz CT molecular complexity index is 967. The van der Waals surface area contributed by atoms with Crippen molar-refractivity contribution in [2.45, 2.75) is 57.2 Å². The number of nitrogens with one attached hydrogen (secondary N) is 1. The van der Waals surface area contributed by atoms with E-state index in [-0.39, 0.29) is 24.8 Å².